The van der Waals surface area contributed by atoms with E-state index in [0.717, 1.165) is 24.3 Å². The summed E-state index contributed by atoms with van der Waals surface area (Å²) in [5.74, 6) is 1.53. The third-order valence-electron chi connectivity index (χ3n) is 3.31. The van der Waals surface area contributed by atoms with Crippen molar-refractivity contribution in [1.82, 2.24) is 0 Å². The molecule has 1 aromatic rings. The highest BCUT2D eigenvalue weighted by Gasteiger charge is 2.13. The lowest BCUT2D eigenvalue weighted by Crippen LogP contribution is -1.94. The summed E-state index contributed by atoms with van der Waals surface area (Å²) >= 11 is 6.27. The van der Waals surface area contributed by atoms with Gasteiger partial charge in [-0.2, -0.15) is 0 Å². The first kappa shape index (κ1) is 13.3. The molecule has 1 atom stereocenters. The normalized spacial score (nSPS) is 19.9. The standard InChI is InChI=1S/C15H19ClO2/c1-17-14-8-7-12(10-15(14)18-2)11-5-3-4-6-13(16)9-11/h7-10,13H,3-6H2,1-2H3. The molecule has 1 unspecified atom stereocenters. The molecule has 0 saturated heterocycles. The van der Waals surface area contributed by atoms with E-state index < -0.39 is 0 Å². The van der Waals surface area contributed by atoms with Crippen LogP contribution in [0.3, 0.4) is 0 Å². The molecule has 0 radical (unpaired) electrons. The molecule has 2 rings (SSSR count). The van der Waals surface area contributed by atoms with Crippen LogP contribution < -0.4 is 9.47 Å². The van der Waals surface area contributed by atoms with E-state index in [1.54, 1.807) is 14.2 Å². The zero-order valence-electron chi connectivity index (χ0n) is 10.9. The van der Waals surface area contributed by atoms with Gasteiger partial charge < -0.3 is 9.47 Å². The molecule has 0 saturated carbocycles. The van der Waals surface area contributed by atoms with Crippen molar-refractivity contribution >= 4 is 17.2 Å². The van der Waals surface area contributed by atoms with Gasteiger partial charge in [-0.3, -0.25) is 0 Å². The maximum Gasteiger partial charge on any atom is 0.161 e. The van der Waals surface area contributed by atoms with Crippen molar-refractivity contribution in [3.05, 3.63) is 29.8 Å². The fraction of sp³-hybridized carbons (Fsp3) is 0.467. The summed E-state index contributed by atoms with van der Waals surface area (Å²) < 4.78 is 10.6. The first-order valence-electron chi connectivity index (χ1n) is 6.31. The molecule has 0 N–H and O–H groups in total. The lowest BCUT2D eigenvalue weighted by Gasteiger charge is -2.11. The van der Waals surface area contributed by atoms with Crippen LogP contribution >= 0.6 is 11.6 Å². The number of methoxy groups -OCH3 is 2. The van der Waals surface area contributed by atoms with Crippen LogP contribution in [-0.2, 0) is 0 Å². The van der Waals surface area contributed by atoms with Gasteiger partial charge in [0.25, 0.3) is 0 Å². The molecule has 0 spiro atoms. The van der Waals surface area contributed by atoms with Crippen LogP contribution in [-0.4, -0.2) is 19.6 Å². The smallest absolute Gasteiger partial charge is 0.161 e. The number of rotatable bonds is 3. The number of benzene rings is 1. The minimum Gasteiger partial charge on any atom is -0.493 e. The van der Waals surface area contributed by atoms with Crippen molar-refractivity contribution in [2.45, 2.75) is 31.1 Å². The number of ether oxygens (including phenoxy) is 2. The summed E-state index contributed by atoms with van der Waals surface area (Å²) in [4.78, 5) is 0. The van der Waals surface area contributed by atoms with Crippen molar-refractivity contribution in [2.24, 2.45) is 0 Å². The molecule has 3 heteroatoms. The van der Waals surface area contributed by atoms with Crippen molar-refractivity contribution in [3.8, 4) is 11.5 Å². The van der Waals surface area contributed by atoms with E-state index in [2.05, 4.69) is 12.1 Å². The SMILES string of the molecule is COc1ccc(C2=CC(Cl)CCCC2)cc1OC. The highest BCUT2D eigenvalue weighted by Crippen LogP contribution is 2.34. The van der Waals surface area contributed by atoms with Crippen LogP contribution in [0.25, 0.3) is 5.57 Å². The number of allylic oxidation sites excluding steroid dienone is 2. The van der Waals surface area contributed by atoms with E-state index in [1.165, 1.54) is 24.0 Å². The highest BCUT2D eigenvalue weighted by molar-refractivity contribution is 6.22. The van der Waals surface area contributed by atoms with E-state index in [1.807, 2.05) is 12.1 Å². The Hall–Kier alpha value is -1.15. The fourth-order valence-electron chi connectivity index (χ4n) is 2.32. The molecular weight excluding hydrogens is 248 g/mol. The Bertz CT molecular complexity index is 440. The monoisotopic (exact) mass is 266 g/mol. The van der Waals surface area contributed by atoms with Gasteiger partial charge in [-0.05, 0) is 42.5 Å². The van der Waals surface area contributed by atoms with Crippen LogP contribution in [0.4, 0.5) is 0 Å². The predicted molar refractivity (Wildman–Crippen MR) is 75.6 cm³/mol. The molecular formula is C15H19ClO2. The van der Waals surface area contributed by atoms with E-state index >= 15 is 0 Å². The van der Waals surface area contributed by atoms with Crippen LogP contribution in [0.15, 0.2) is 24.3 Å². The Kier molecular flexibility index (Phi) is 4.54. The number of hydrogen-bond acceptors (Lipinski definition) is 2. The maximum atomic E-state index is 6.27. The van der Waals surface area contributed by atoms with Crippen LogP contribution in [0.5, 0.6) is 11.5 Å². The average molecular weight is 267 g/mol. The Morgan fingerprint density at radius 1 is 1.11 bits per heavy atom. The molecule has 0 bridgehead atoms. The minimum atomic E-state index is 0.149. The van der Waals surface area contributed by atoms with Gasteiger partial charge in [-0.15, -0.1) is 11.6 Å². The molecule has 18 heavy (non-hydrogen) atoms. The summed E-state index contributed by atoms with van der Waals surface area (Å²) in [6.45, 7) is 0. The van der Waals surface area contributed by atoms with Crippen molar-refractivity contribution in [1.29, 1.82) is 0 Å². The Morgan fingerprint density at radius 2 is 1.89 bits per heavy atom. The second-order valence-electron chi connectivity index (χ2n) is 4.52. The minimum absolute atomic E-state index is 0.149. The van der Waals surface area contributed by atoms with Gasteiger partial charge in [0.05, 0.1) is 19.6 Å². The highest BCUT2D eigenvalue weighted by atomic mass is 35.5. The predicted octanol–water partition coefficient (Wildman–Crippen LogP) is 4.27. The van der Waals surface area contributed by atoms with E-state index in [-0.39, 0.29) is 5.38 Å². The van der Waals surface area contributed by atoms with Gasteiger partial charge in [0, 0.05) is 0 Å². The molecule has 1 aliphatic rings. The van der Waals surface area contributed by atoms with Gasteiger partial charge >= 0.3 is 0 Å². The second kappa shape index (κ2) is 6.14. The van der Waals surface area contributed by atoms with E-state index in [9.17, 15) is 0 Å². The summed E-state index contributed by atoms with van der Waals surface area (Å²) in [6.07, 6.45) is 6.72. The number of halogens is 1. The lowest BCUT2D eigenvalue weighted by molar-refractivity contribution is 0.355. The Labute approximate surface area is 114 Å². The van der Waals surface area contributed by atoms with Crippen LogP contribution in [0.2, 0.25) is 0 Å². The molecule has 0 aromatic heterocycles. The summed E-state index contributed by atoms with van der Waals surface area (Å²) in [5.41, 5.74) is 2.49. The molecule has 2 nitrogen and oxygen atoms in total. The zero-order chi connectivity index (χ0) is 13.0. The second-order valence-corrected chi connectivity index (χ2v) is 5.08. The third-order valence-corrected chi connectivity index (χ3v) is 3.66. The van der Waals surface area contributed by atoms with Crippen molar-refractivity contribution in [3.63, 3.8) is 0 Å². The summed E-state index contributed by atoms with van der Waals surface area (Å²) in [5, 5.41) is 0.149. The fourth-order valence-corrected chi connectivity index (χ4v) is 2.62. The zero-order valence-corrected chi connectivity index (χ0v) is 11.7. The van der Waals surface area contributed by atoms with Gasteiger partial charge in [0.1, 0.15) is 0 Å². The van der Waals surface area contributed by atoms with Crippen molar-refractivity contribution in [2.75, 3.05) is 14.2 Å². The maximum absolute atomic E-state index is 6.27. The first-order valence-corrected chi connectivity index (χ1v) is 6.75. The number of alkyl halides is 1. The average Bonchev–Trinajstić information content (AvgIpc) is 2.62. The molecule has 0 amide bonds. The van der Waals surface area contributed by atoms with Gasteiger partial charge in [0.15, 0.2) is 11.5 Å². The molecule has 0 heterocycles. The van der Waals surface area contributed by atoms with Crippen LogP contribution in [0.1, 0.15) is 31.2 Å². The third kappa shape index (κ3) is 2.99. The largest absolute Gasteiger partial charge is 0.493 e. The molecule has 0 fully saturated rings. The summed E-state index contributed by atoms with van der Waals surface area (Å²) in [7, 11) is 3.31. The van der Waals surface area contributed by atoms with E-state index in [4.69, 9.17) is 21.1 Å². The molecule has 1 aromatic carbocycles. The Morgan fingerprint density at radius 3 is 2.61 bits per heavy atom. The summed E-state index contributed by atoms with van der Waals surface area (Å²) in [6, 6.07) is 6.05. The first-order chi connectivity index (χ1) is 8.74. The topological polar surface area (TPSA) is 18.5 Å². The van der Waals surface area contributed by atoms with Gasteiger partial charge in [-0.25, -0.2) is 0 Å². The molecule has 0 aliphatic heterocycles. The van der Waals surface area contributed by atoms with Crippen molar-refractivity contribution < 1.29 is 9.47 Å². The number of hydrogen-bond donors (Lipinski definition) is 0. The van der Waals surface area contributed by atoms with Crippen LogP contribution in [0, 0.1) is 0 Å². The van der Waals surface area contributed by atoms with Gasteiger partial charge in [0.2, 0.25) is 0 Å². The van der Waals surface area contributed by atoms with E-state index in [0.29, 0.717) is 0 Å². The molecule has 1 aliphatic carbocycles. The lowest BCUT2D eigenvalue weighted by atomic mass is 10.0. The Balaban J connectivity index is 2.32. The van der Waals surface area contributed by atoms with Gasteiger partial charge in [-0.1, -0.05) is 18.6 Å². The molecule has 98 valence electrons. The quantitative estimate of drug-likeness (QED) is 0.761.